The lowest BCUT2D eigenvalue weighted by Gasteiger charge is -2.23. The van der Waals surface area contributed by atoms with Crippen molar-refractivity contribution < 1.29 is 17.9 Å². The highest BCUT2D eigenvalue weighted by Crippen LogP contribution is 2.28. The van der Waals surface area contributed by atoms with Gasteiger partial charge in [-0.15, -0.1) is 23.1 Å². The van der Waals surface area contributed by atoms with E-state index >= 15 is 0 Å². The van der Waals surface area contributed by atoms with Crippen molar-refractivity contribution in [3.63, 3.8) is 0 Å². The molecule has 10 heteroatoms. The van der Waals surface area contributed by atoms with E-state index in [1.807, 2.05) is 66.7 Å². The number of hydrogen-bond acceptors (Lipinski definition) is 8. The van der Waals surface area contributed by atoms with Crippen molar-refractivity contribution in [2.45, 2.75) is 29.8 Å². The van der Waals surface area contributed by atoms with Crippen LogP contribution in [0.25, 0.3) is 10.6 Å². The molecule has 0 aliphatic heterocycles. The largest absolute Gasteiger partial charge is 0.497 e. The molecule has 1 N–H and O–H groups in total. The number of nitrogens with zero attached hydrogens (tertiary/aromatic N) is 2. The first kappa shape index (κ1) is 31.5. The monoisotopic (exact) mass is 643 g/mol. The number of aromatic nitrogens is 1. The van der Waals surface area contributed by atoms with E-state index in [4.69, 9.17) is 4.74 Å². The van der Waals surface area contributed by atoms with Crippen LogP contribution in [0.3, 0.4) is 0 Å². The summed E-state index contributed by atoms with van der Waals surface area (Å²) in [6.45, 7) is 3.92. The summed E-state index contributed by atoms with van der Waals surface area (Å²) in [5.41, 5.74) is 3.07. The van der Waals surface area contributed by atoms with Crippen LogP contribution in [-0.4, -0.2) is 43.6 Å². The van der Waals surface area contributed by atoms with Gasteiger partial charge < -0.3 is 4.74 Å². The molecule has 0 saturated heterocycles. The number of hydrogen-bond donors (Lipinski definition) is 1. The molecule has 0 fully saturated rings. The van der Waals surface area contributed by atoms with E-state index in [2.05, 4.69) is 32.8 Å². The van der Waals surface area contributed by atoms with Gasteiger partial charge in [-0.05, 0) is 54.4 Å². The van der Waals surface area contributed by atoms with Gasteiger partial charge in [0.1, 0.15) is 16.5 Å². The Bertz CT molecular complexity index is 1790. The van der Waals surface area contributed by atoms with Crippen molar-refractivity contribution >= 4 is 39.0 Å². The van der Waals surface area contributed by atoms with Crippen molar-refractivity contribution in [1.82, 2.24) is 14.6 Å². The lowest BCUT2D eigenvalue weighted by atomic mass is 10.1. The van der Waals surface area contributed by atoms with Crippen LogP contribution in [-0.2, 0) is 23.1 Å². The van der Waals surface area contributed by atoms with Gasteiger partial charge in [0, 0.05) is 40.7 Å². The molecule has 0 aliphatic carbocycles. The zero-order valence-corrected chi connectivity index (χ0v) is 26.9. The molecule has 1 amide bonds. The van der Waals surface area contributed by atoms with E-state index in [9.17, 15) is 13.2 Å². The maximum absolute atomic E-state index is 13.1. The molecule has 5 rings (SSSR count). The van der Waals surface area contributed by atoms with E-state index in [0.29, 0.717) is 23.0 Å². The van der Waals surface area contributed by atoms with Gasteiger partial charge in [0.05, 0.1) is 12.0 Å². The predicted molar refractivity (Wildman–Crippen MR) is 178 cm³/mol. The molecule has 4 aromatic carbocycles. The number of amides is 1. The van der Waals surface area contributed by atoms with Gasteiger partial charge in [-0.3, -0.25) is 9.69 Å². The molecule has 0 saturated carbocycles. The molecule has 1 aromatic heterocycles. The summed E-state index contributed by atoms with van der Waals surface area (Å²) in [6.07, 6.45) is 0. The third-order valence-corrected chi connectivity index (χ3v) is 10.2. The van der Waals surface area contributed by atoms with Crippen molar-refractivity contribution in [3.8, 4) is 16.3 Å². The zero-order chi connectivity index (χ0) is 30.9. The molecule has 1 heterocycles. The highest BCUT2D eigenvalue weighted by Gasteiger charge is 2.23. The van der Waals surface area contributed by atoms with Gasteiger partial charge in [0.25, 0.3) is 15.9 Å². The van der Waals surface area contributed by atoms with Gasteiger partial charge in [-0.1, -0.05) is 72.8 Å². The average molecular weight is 644 g/mol. The van der Waals surface area contributed by atoms with E-state index in [1.165, 1.54) is 28.4 Å². The molecule has 5 aromatic rings. The van der Waals surface area contributed by atoms with Gasteiger partial charge in [-0.25, -0.2) is 18.1 Å². The van der Waals surface area contributed by atoms with Crippen LogP contribution in [0, 0.1) is 6.92 Å². The van der Waals surface area contributed by atoms with Crippen molar-refractivity contribution in [2.75, 3.05) is 19.4 Å². The minimum Gasteiger partial charge on any atom is -0.497 e. The summed E-state index contributed by atoms with van der Waals surface area (Å²) < 4.78 is 33.9. The van der Waals surface area contributed by atoms with Gasteiger partial charge >= 0.3 is 0 Å². The Morgan fingerprint density at radius 1 is 0.886 bits per heavy atom. The van der Waals surface area contributed by atoms with Crippen LogP contribution in [0.5, 0.6) is 5.75 Å². The third-order valence-electron chi connectivity index (χ3n) is 6.86. The standard InChI is InChI=1S/C34H33N3O4S3/c1-25-32(35-34(43-25)28-11-5-3-6-12-28)33(38)36-44(39,40)31-18-16-26(17-19-31)23-37(20-21-42-30-14-7-4-8-15-30)24-27-10-9-13-29(22-27)41-2/h3-19,22H,20-21,23-24H2,1-2H3,(H,36,38). The Morgan fingerprint density at radius 2 is 1.57 bits per heavy atom. The van der Waals surface area contributed by atoms with Crippen LogP contribution < -0.4 is 9.46 Å². The fourth-order valence-corrected chi connectivity index (χ4v) is 7.43. The van der Waals surface area contributed by atoms with Crippen LogP contribution >= 0.6 is 23.1 Å². The number of sulfonamides is 1. The molecule has 0 spiro atoms. The Kier molecular flexibility index (Phi) is 10.5. The zero-order valence-electron chi connectivity index (χ0n) is 24.5. The number of ether oxygens (including phenoxy) is 1. The Hall–Kier alpha value is -3.96. The summed E-state index contributed by atoms with van der Waals surface area (Å²) >= 11 is 3.15. The average Bonchev–Trinajstić information content (AvgIpc) is 3.44. The number of rotatable bonds is 13. The number of methoxy groups -OCH3 is 1. The quantitative estimate of drug-likeness (QED) is 0.138. The van der Waals surface area contributed by atoms with Crippen LogP contribution in [0.15, 0.2) is 119 Å². The number of aryl methyl sites for hydroxylation is 1. The second-order valence-corrected chi connectivity index (χ2v) is 14.1. The lowest BCUT2D eigenvalue weighted by Crippen LogP contribution is -2.31. The minimum absolute atomic E-state index is 0.0183. The van der Waals surface area contributed by atoms with Crippen molar-refractivity contribution in [2.24, 2.45) is 0 Å². The Morgan fingerprint density at radius 3 is 2.27 bits per heavy atom. The van der Waals surface area contributed by atoms with Crippen LogP contribution in [0.2, 0.25) is 0 Å². The second kappa shape index (κ2) is 14.7. The highest BCUT2D eigenvalue weighted by molar-refractivity contribution is 7.99. The van der Waals surface area contributed by atoms with Crippen LogP contribution in [0.1, 0.15) is 26.5 Å². The topological polar surface area (TPSA) is 88.6 Å². The molecule has 226 valence electrons. The molecule has 0 bridgehead atoms. The first-order chi connectivity index (χ1) is 21.3. The molecular formula is C34H33N3O4S3. The first-order valence-corrected chi connectivity index (χ1v) is 17.3. The number of carbonyl (C=O) groups excluding carboxylic acids is 1. The molecular weight excluding hydrogens is 611 g/mol. The molecule has 0 atom stereocenters. The fourth-order valence-electron chi connectivity index (χ4n) is 4.63. The van der Waals surface area contributed by atoms with E-state index < -0.39 is 15.9 Å². The normalized spacial score (nSPS) is 11.4. The lowest BCUT2D eigenvalue weighted by molar-refractivity contribution is 0.0976. The smallest absolute Gasteiger partial charge is 0.284 e. The summed E-state index contributed by atoms with van der Waals surface area (Å²) in [4.78, 5) is 21.6. The molecule has 44 heavy (non-hydrogen) atoms. The van der Waals surface area contributed by atoms with E-state index in [-0.39, 0.29) is 10.6 Å². The number of nitrogens with one attached hydrogen (secondary N) is 1. The Balaban J connectivity index is 1.26. The molecule has 0 radical (unpaired) electrons. The summed E-state index contributed by atoms with van der Waals surface area (Å²) in [5.74, 6) is 0.960. The minimum atomic E-state index is -4.09. The summed E-state index contributed by atoms with van der Waals surface area (Å²) in [7, 11) is -2.43. The Labute approximate surface area is 267 Å². The maximum atomic E-state index is 13.1. The summed E-state index contributed by atoms with van der Waals surface area (Å²) in [6, 6.07) is 34.5. The molecule has 0 unspecified atom stereocenters. The number of thiazole rings is 1. The van der Waals surface area contributed by atoms with Crippen molar-refractivity contribution in [1.29, 1.82) is 0 Å². The first-order valence-electron chi connectivity index (χ1n) is 14.0. The number of thioether (sulfide) groups is 1. The SMILES string of the molecule is COc1cccc(CN(CCSc2ccccc2)Cc2ccc(S(=O)(=O)NC(=O)c3nc(-c4ccccc4)sc3C)cc2)c1. The third kappa shape index (κ3) is 8.35. The molecule has 7 nitrogen and oxygen atoms in total. The van der Waals surface area contributed by atoms with Gasteiger partial charge in [0.2, 0.25) is 0 Å². The highest BCUT2D eigenvalue weighted by atomic mass is 32.2. The van der Waals surface area contributed by atoms with Gasteiger partial charge in [-0.2, -0.15) is 0 Å². The van der Waals surface area contributed by atoms with E-state index in [1.54, 1.807) is 37.9 Å². The van der Waals surface area contributed by atoms with Crippen molar-refractivity contribution in [3.05, 3.63) is 131 Å². The summed E-state index contributed by atoms with van der Waals surface area (Å²) in [5, 5.41) is 0.663. The number of carbonyl (C=O) groups is 1. The number of benzene rings is 4. The predicted octanol–water partition coefficient (Wildman–Crippen LogP) is 7.04. The van der Waals surface area contributed by atoms with Gasteiger partial charge in [0.15, 0.2) is 0 Å². The van der Waals surface area contributed by atoms with E-state index in [0.717, 1.165) is 34.7 Å². The fraction of sp³-hybridized carbons (Fsp3) is 0.176. The van der Waals surface area contributed by atoms with Crippen LogP contribution in [0.4, 0.5) is 0 Å². The second-order valence-electron chi connectivity index (χ2n) is 10.1. The maximum Gasteiger partial charge on any atom is 0.284 e. The molecule has 0 aliphatic rings.